The van der Waals surface area contributed by atoms with E-state index in [1.807, 2.05) is 12.1 Å². The van der Waals surface area contributed by atoms with Crippen molar-refractivity contribution in [1.82, 2.24) is 4.90 Å². The summed E-state index contributed by atoms with van der Waals surface area (Å²) in [6.45, 7) is 3.99. The fourth-order valence-corrected chi connectivity index (χ4v) is 2.25. The third kappa shape index (κ3) is 2.60. The van der Waals surface area contributed by atoms with Gasteiger partial charge >= 0.3 is 0 Å². The van der Waals surface area contributed by atoms with Gasteiger partial charge in [-0.05, 0) is 31.9 Å². The van der Waals surface area contributed by atoms with Crippen molar-refractivity contribution in [3.63, 3.8) is 0 Å². The topological polar surface area (TPSA) is 23.5 Å². The minimum absolute atomic E-state index is 0.109. The third-order valence-corrected chi connectivity index (χ3v) is 3.15. The normalized spacial score (nSPS) is 22.3. The number of aliphatic hydroxyl groups excluding tert-OH is 1. The number of rotatable bonds is 2. The van der Waals surface area contributed by atoms with Crippen LogP contribution in [0.4, 0.5) is 4.39 Å². The summed E-state index contributed by atoms with van der Waals surface area (Å²) >= 11 is 0. The predicted molar refractivity (Wildman–Crippen MR) is 61.7 cm³/mol. The zero-order chi connectivity index (χ0) is 11.5. The molecule has 1 fully saturated rings. The summed E-state index contributed by atoms with van der Waals surface area (Å²) in [4.78, 5) is 2.12. The van der Waals surface area contributed by atoms with Crippen LogP contribution < -0.4 is 0 Å². The summed E-state index contributed by atoms with van der Waals surface area (Å²) < 4.78 is 13.8. The van der Waals surface area contributed by atoms with Crippen molar-refractivity contribution in [2.24, 2.45) is 0 Å². The fraction of sp³-hybridized carbons (Fsp3) is 0.538. The standard InChI is InChI=1S/C13H18FNO/c1-10-4-2-5-11(13(10)14)8-15-7-3-6-12(16)9-15/h2,4-5,12,16H,3,6-9H2,1H3/t12-/m0/s1. The number of benzene rings is 1. The van der Waals surface area contributed by atoms with Gasteiger partial charge in [0.15, 0.2) is 0 Å². The van der Waals surface area contributed by atoms with E-state index in [4.69, 9.17) is 0 Å². The van der Waals surface area contributed by atoms with Crippen molar-refractivity contribution in [3.8, 4) is 0 Å². The molecule has 88 valence electrons. The first-order valence-corrected chi connectivity index (χ1v) is 5.81. The van der Waals surface area contributed by atoms with Crippen LogP contribution in [0.2, 0.25) is 0 Å². The van der Waals surface area contributed by atoms with Gasteiger partial charge in [0.1, 0.15) is 5.82 Å². The van der Waals surface area contributed by atoms with Crippen molar-refractivity contribution in [2.75, 3.05) is 13.1 Å². The van der Waals surface area contributed by atoms with Crippen molar-refractivity contribution in [3.05, 3.63) is 35.1 Å². The maximum Gasteiger partial charge on any atom is 0.130 e. The summed E-state index contributed by atoms with van der Waals surface area (Å²) in [6.07, 6.45) is 1.61. The van der Waals surface area contributed by atoms with Gasteiger partial charge in [-0.25, -0.2) is 4.39 Å². The molecule has 0 bridgehead atoms. The second-order valence-electron chi connectivity index (χ2n) is 4.58. The summed E-state index contributed by atoms with van der Waals surface area (Å²) in [5.74, 6) is -0.109. The molecule has 0 unspecified atom stereocenters. The summed E-state index contributed by atoms with van der Waals surface area (Å²) in [7, 11) is 0. The van der Waals surface area contributed by atoms with E-state index in [0.717, 1.165) is 24.9 Å². The Labute approximate surface area is 95.7 Å². The van der Waals surface area contributed by atoms with Crippen LogP contribution in [0.1, 0.15) is 24.0 Å². The molecule has 1 heterocycles. The Balaban J connectivity index is 2.05. The molecule has 2 rings (SSSR count). The summed E-state index contributed by atoms with van der Waals surface area (Å²) in [5, 5.41) is 9.55. The van der Waals surface area contributed by atoms with Gasteiger partial charge in [-0.1, -0.05) is 18.2 Å². The van der Waals surface area contributed by atoms with Gasteiger partial charge < -0.3 is 5.11 Å². The number of hydrogen-bond donors (Lipinski definition) is 1. The first-order chi connectivity index (χ1) is 7.66. The molecule has 1 saturated heterocycles. The van der Waals surface area contributed by atoms with Gasteiger partial charge in [-0.3, -0.25) is 4.90 Å². The lowest BCUT2D eigenvalue weighted by molar-refractivity contribution is 0.0662. The average molecular weight is 223 g/mol. The maximum absolute atomic E-state index is 13.8. The van der Waals surface area contributed by atoms with Crippen LogP contribution in [-0.2, 0) is 6.54 Å². The highest BCUT2D eigenvalue weighted by Crippen LogP contribution is 2.17. The van der Waals surface area contributed by atoms with Gasteiger partial charge in [0.05, 0.1) is 6.10 Å². The van der Waals surface area contributed by atoms with Gasteiger partial charge in [0, 0.05) is 18.7 Å². The Morgan fingerprint density at radius 3 is 3.06 bits per heavy atom. The van der Waals surface area contributed by atoms with E-state index in [-0.39, 0.29) is 11.9 Å². The van der Waals surface area contributed by atoms with E-state index in [2.05, 4.69) is 4.90 Å². The number of aryl methyl sites for hydroxylation is 1. The Morgan fingerprint density at radius 2 is 2.31 bits per heavy atom. The second-order valence-corrected chi connectivity index (χ2v) is 4.58. The molecule has 1 atom stereocenters. The van der Waals surface area contributed by atoms with Crippen LogP contribution in [0.3, 0.4) is 0 Å². The molecule has 16 heavy (non-hydrogen) atoms. The lowest BCUT2D eigenvalue weighted by Crippen LogP contribution is -2.37. The Bertz CT molecular complexity index is 367. The highest BCUT2D eigenvalue weighted by Gasteiger charge is 2.18. The zero-order valence-corrected chi connectivity index (χ0v) is 9.62. The molecule has 0 amide bonds. The molecule has 0 radical (unpaired) electrons. The van der Waals surface area contributed by atoms with Crippen LogP contribution in [-0.4, -0.2) is 29.2 Å². The number of hydrogen-bond acceptors (Lipinski definition) is 2. The molecule has 1 N–H and O–H groups in total. The number of aliphatic hydroxyl groups is 1. The minimum Gasteiger partial charge on any atom is -0.392 e. The molecule has 0 aromatic heterocycles. The zero-order valence-electron chi connectivity index (χ0n) is 9.62. The Hall–Kier alpha value is -0.930. The average Bonchev–Trinajstić information content (AvgIpc) is 2.25. The monoisotopic (exact) mass is 223 g/mol. The van der Waals surface area contributed by atoms with Crippen LogP contribution >= 0.6 is 0 Å². The van der Waals surface area contributed by atoms with E-state index in [0.29, 0.717) is 18.7 Å². The van der Waals surface area contributed by atoms with Crippen LogP contribution in [0.15, 0.2) is 18.2 Å². The van der Waals surface area contributed by atoms with Gasteiger partial charge in [-0.2, -0.15) is 0 Å². The lowest BCUT2D eigenvalue weighted by atomic mass is 10.1. The van der Waals surface area contributed by atoms with Crippen molar-refractivity contribution in [1.29, 1.82) is 0 Å². The molecule has 0 spiro atoms. The maximum atomic E-state index is 13.8. The van der Waals surface area contributed by atoms with Crippen LogP contribution in [0.25, 0.3) is 0 Å². The molecule has 2 nitrogen and oxygen atoms in total. The minimum atomic E-state index is -0.248. The van der Waals surface area contributed by atoms with Crippen molar-refractivity contribution in [2.45, 2.75) is 32.4 Å². The molecule has 0 aliphatic carbocycles. The molecule has 3 heteroatoms. The van der Waals surface area contributed by atoms with Gasteiger partial charge in [0.25, 0.3) is 0 Å². The number of nitrogens with zero attached hydrogens (tertiary/aromatic N) is 1. The Morgan fingerprint density at radius 1 is 1.50 bits per heavy atom. The number of piperidine rings is 1. The predicted octanol–water partition coefficient (Wildman–Crippen LogP) is 2.09. The lowest BCUT2D eigenvalue weighted by Gasteiger charge is -2.30. The first kappa shape index (κ1) is 11.6. The number of β-amino-alcohol motifs (C(OH)–C–C–N with tert-alkyl or cyclic N) is 1. The number of likely N-dealkylation sites (tertiary alicyclic amines) is 1. The van der Waals surface area contributed by atoms with Crippen molar-refractivity contribution >= 4 is 0 Å². The van der Waals surface area contributed by atoms with Crippen LogP contribution in [0, 0.1) is 12.7 Å². The summed E-state index contributed by atoms with van der Waals surface area (Å²) in [6, 6.07) is 5.49. The largest absolute Gasteiger partial charge is 0.392 e. The number of halogens is 1. The highest BCUT2D eigenvalue weighted by atomic mass is 19.1. The van der Waals surface area contributed by atoms with E-state index in [1.54, 1.807) is 13.0 Å². The molecule has 1 aromatic carbocycles. The molecular formula is C13H18FNO. The SMILES string of the molecule is Cc1cccc(CN2CCC[C@H](O)C2)c1F. The smallest absolute Gasteiger partial charge is 0.130 e. The fourth-order valence-electron chi connectivity index (χ4n) is 2.25. The summed E-state index contributed by atoms with van der Waals surface area (Å²) in [5.41, 5.74) is 1.42. The molecule has 1 aliphatic rings. The van der Waals surface area contributed by atoms with E-state index in [9.17, 15) is 9.50 Å². The molecule has 1 aliphatic heterocycles. The quantitative estimate of drug-likeness (QED) is 0.830. The van der Waals surface area contributed by atoms with E-state index < -0.39 is 0 Å². The third-order valence-electron chi connectivity index (χ3n) is 3.15. The molecule has 0 saturated carbocycles. The first-order valence-electron chi connectivity index (χ1n) is 5.81. The van der Waals surface area contributed by atoms with E-state index >= 15 is 0 Å². The molecule has 1 aromatic rings. The van der Waals surface area contributed by atoms with Crippen molar-refractivity contribution < 1.29 is 9.50 Å². The van der Waals surface area contributed by atoms with E-state index in [1.165, 1.54) is 0 Å². The van der Waals surface area contributed by atoms with Gasteiger partial charge in [-0.15, -0.1) is 0 Å². The van der Waals surface area contributed by atoms with Crippen LogP contribution in [0.5, 0.6) is 0 Å². The second kappa shape index (κ2) is 4.93. The Kier molecular flexibility index (Phi) is 3.56. The van der Waals surface area contributed by atoms with Gasteiger partial charge in [0.2, 0.25) is 0 Å². The highest BCUT2D eigenvalue weighted by molar-refractivity contribution is 5.24. The molecular weight excluding hydrogens is 205 g/mol.